The minimum Gasteiger partial charge on any atom is -0.480 e. The van der Waals surface area contributed by atoms with Gasteiger partial charge in [-0.3, -0.25) is 0 Å². The molecule has 0 saturated carbocycles. The zero-order valence-electron chi connectivity index (χ0n) is 8.81. The standard InChI is InChI=1S/C9H16O7/c1-4-7(13)8(14)5(2-10)16-9(4)15-3-6(11)12/h4-5,7-10,13-14H,2-3H2,1H3,(H,11,12). The summed E-state index contributed by atoms with van der Waals surface area (Å²) in [6.07, 6.45) is -4.24. The van der Waals surface area contributed by atoms with E-state index in [0.717, 1.165) is 0 Å². The number of rotatable bonds is 4. The topological polar surface area (TPSA) is 116 Å². The van der Waals surface area contributed by atoms with Gasteiger partial charge in [0.2, 0.25) is 0 Å². The van der Waals surface area contributed by atoms with Gasteiger partial charge < -0.3 is 29.9 Å². The molecule has 0 aromatic carbocycles. The first-order chi connectivity index (χ1) is 7.47. The number of carboxylic acid groups (broad SMARTS) is 1. The van der Waals surface area contributed by atoms with Gasteiger partial charge in [0.1, 0.15) is 18.8 Å². The first-order valence-electron chi connectivity index (χ1n) is 4.93. The molecule has 1 aliphatic rings. The van der Waals surface area contributed by atoms with Crippen molar-refractivity contribution < 1.29 is 34.7 Å². The van der Waals surface area contributed by atoms with Crippen molar-refractivity contribution >= 4 is 5.97 Å². The summed E-state index contributed by atoms with van der Waals surface area (Å²) in [5.41, 5.74) is 0. The summed E-state index contributed by atoms with van der Waals surface area (Å²) in [6.45, 7) is 0.530. The van der Waals surface area contributed by atoms with Crippen molar-refractivity contribution in [2.75, 3.05) is 13.2 Å². The molecule has 1 rings (SSSR count). The van der Waals surface area contributed by atoms with E-state index in [4.69, 9.17) is 19.7 Å². The summed E-state index contributed by atoms with van der Waals surface area (Å²) in [4.78, 5) is 10.3. The van der Waals surface area contributed by atoms with Crippen LogP contribution in [0.15, 0.2) is 0 Å². The zero-order valence-corrected chi connectivity index (χ0v) is 8.81. The summed E-state index contributed by atoms with van der Waals surface area (Å²) in [5, 5.41) is 36.4. The van der Waals surface area contributed by atoms with E-state index in [0.29, 0.717) is 0 Å². The van der Waals surface area contributed by atoms with Gasteiger partial charge >= 0.3 is 5.97 Å². The quantitative estimate of drug-likeness (QED) is 0.453. The lowest BCUT2D eigenvalue weighted by molar-refractivity contribution is -0.281. The molecule has 1 aliphatic heterocycles. The molecular weight excluding hydrogens is 220 g/mol. The molecule has 0 aromatic heterocycles. The molecule has 94 valence electrons. The molecule has 4 N–H and O–H groups in total. The predicted molar refractivity (Wildman–Crippen MR) is 50.5 cm³/mol. The zero-order chi connectivity index (χ0) is 12.3. The number of hydrogen-bond donors (Lipinski definition) is 4. The van der Waals surface area contributed by atoms with Crippen LogP contribution in [0.4, 0.5) is 0 Å². The molecule has 1 heterocycles. The predicted octanol–water partition coefficient (Wildman–Crippen LogP) is -1.84. The van der Waals surface area contributed by atoms with Gasteiger partial charge in [0.25, 0.3) is 0 Å². The summed E-state index contributed by atoms with van der Waals surface area (Å²) in [6, 6.07) is 0. The van der Waals surface area contributed by atoms with Crippen LogP contribution < -0.4 is 0 Å². The first kappa shape index (κ1) is 13.3. The molecule has 0 aliphatic carbocycles. The van der Waals surface area contributed by atoms with Crippen LogP contribution in [-0.2, 0) is 14.3 Å². The van der Waals surface area contributed by atoms with E-state index in [1.165, 1.54) is 0 Å². The lowest BCUT2D eigenvalue weighted by Gasteiger charge is -2.40. The van der Waals surface area contributed by atoms with Crippen molar-refractivity contribution in [1.82, 2.24) is 0 Å². The maximum atomic E-state index is 10.3. The Balaban J connectivity index is 2.60. The molecule has 0 bridgehead atoms. The van der Waals surface area contributed by atoms with E-state index in [-0.39, 0.29) is 0 Å². The third-order valence-corrected chi connectivity index (χ3v) is 2.56. The smallest absolute Gasteiger partial charge is 0.329 e. The van der Waals surface area contributed by atoms with E-state index < -0.39 is 49.7 Å². The average Bonchev–Trinajstić information content (AvgIpc) is 2.25. The van der Waals surface area contributed by atoms with Crippen molar-refractivity contribution in [1.29, 1.82) is 0 Å². The van der Waals surface area contributed by atoms with Crippen LogP contribution in [0.25, 0.3) is 0 Å². The van der Waals surface area contributed by atoms with E-state index in [1.54, 1.807) is 6.92 Å². The minimum atomic E-state index is -1.20. The Labute approximate surface area is 92.2 Å². The van der Waals surface area contributed by atoms with Gasteiger partial charge in [-0.15, -0.1) is 0 Å². The molecule has 7 heteroatoms. The van der Waals surface area contributed by atoms with Gasteiger partial charge in [-0.1, -0.05) is 6.92 Å². The Morgan fingerprint density at radius 1 is 1.38 bits per heavy atom. The summed E-state index contributed by atoms with van der Waals surface area (Å²) in [5.74, 6) is -1.73. The van der Waals surface area contributed by atoms with Crippen LogP contribution in [0.2, 0.25) is 0 Å². The molecule has 0 spiro atoms. The maximum Gasteiger partial charge on any atom is 0.329 e. The van der Waals surface area contributed by atoms with E-state index in [9.17, 15) is 15.0 Å². The lowest BCUT2D eigenvalue weighted by atomic mass is 9.92. The number of carbonyl (C=O) groups is 1. The molecule has 16 heavy (non-hydrogen) atoms. The molecule has 1 saturated heterocycles. The Hall–Kier alpha value is -0.730. The molecule has 1 fully saturated rings. The van der Waals surface area contributed by atoms with Crippen molar-refractivity contribution in [3.63, 3.8) is 0 Å². The maximum absolute atomic E-state index is 10.3. The van der Waals surface area contributed by atoms with E-state index in [2.05, 4.69) is 0 Å². The molecule has 7 nitrogen and oxygen atoms in total. The fourth-order valence-corrected chi connectivity index (χ4v) is 1.56. The highest BCUT2D eigenvalue weighted by atomic mass is 16.7. The molecular formula is C9H16O7. The average molecular weight is 236 g/mol. The molecule has 5 atom stereocenters. The van der Waals surface area contributed by atoms with E-state index in [1.807, 2.05) is 0 Å². The monoisotopic (exact) mass is 236 g/mol. The van der Waals surface area contributed by atoms with Crippen LogP contribution in [0, 0.1) is 5.92 Å². The highest BCUT2D eigenvalue weighted by Gasteiger charge is 2.42. The first-order valence-corrected chi connectivity index (χ1v) is 4.93. The van der Waals surface area contributed by atoms with Crippen molar-refractivity contribution in [2.24, 2.45) is 5.92 Å². The third-order valence-electron chi connectivity index (χ3n) is 2.56. The van der Waals surface area contributed by atoms with Crippen LogP contribution >= 0.6 is 0 Å². The van der Waals surface area contributed by atoms with Crippen LogP contribution in [0.5, 0.6) is 0 Å². The summed E-state index contributed by atoms with van der Waals surface area (Å²) in [7, 11) is 0. The van der Waals surface area contributed by atoms with Gasteiger partial charge in [-0.2, -0.15) is 0 Å². The number of aliphatic hydroxyl groups excluding tert-OH is 3. The fraction of sp³-hybridized carbons (Fsp3) is 0.889. The Morgan fingerprint density at radius 2 is 2.00 bits per heavy atom. The van der Waals surface area contributed by atoms with Crippen LogP contribution in [0.3, 0.4) is 0 Å². The lowest BCUT2D eigenvalue weighted by Crippen LogP contribution is -2.55. The van der Waals surface area contributed by atoms with Crippen molar-refractivity contribution in [3.05, 3.63) is 0 Å². The number of ether oxygens (including phenoxy) is 2. The van der Waals surface area contributed by atoms with Gasteiger partial charge in [0.05, 0.1) is 12.7 Å². The number of hydrogen-bond acceptors (Lipinski definition) is 6. The molecule has 0 amide bonds. The van der Waals surface area contributed by atoms with Crippen molar-refractivity contribution in [2.45, 2.75) is 31.5 Å². The second kappa shape index (κ2) is 5.55. The van der Waals surface area contributed by atoms with Crippen LogP contribution in [0.1, 0.15) is 6.92 Å². The van der Waals surface area contributed by atoms with Gasteiger partial charge in [-0.05, 0) is 0 Å². The fourth-order valence-electron chi connectivity index (χ4n) is 1.56. The van der Waals surface area contributed by atoms with E-state index >= 15 is 0 Å². The highest BCUT2D eigenvalue weighted by Crippen LogP contribution is 2.26. The second-order valence-electron chi connectivity index (χ2n) is 3.77. The largest absolute Gasteiger partial charge is 0.480 e. The Bertz CT molecular complexity index is 242. The Morgan fingerprint density at radius 3 is 2.50 bits per heavy atom. The summed E-state index contributed by atoms with van der Waals surface area (Å²) >= 11 is 0. The number of carboxylic acids is 1. The minimum absolute atomic E-state index is 0.474. The Kier molecular flexibility index (Phi) is 4.63. The van der Waals surface area contributed by atoms with Crippen LogP contribution in [-0.4, -0.2) is 64.2 Å². The molecule has 0 radical (unpaired) electrons. The second-order valence-corrected chi connectivity index (χ2v) is 3.77. The summed E-state index contributed by atoms with van der Waals surface area (Å²) < 4.78 is 10.0. The van der Waals surface area contributed by atoms with Crippen molar-refractivity contribution in [3.8, 4) is 0 Å². The number of aliphatic hydroxyl groups is 3. The molecule has 0 aromatic rings. The molecule has 5 unspecified atom stereocenters. The van der Waals surface area contributed by atoms with Gasteiger partial charge in [-0.25, -0.2) is 4.79 Å². The third kappa shape index (κ3) is 2.89. The SMILES string of the molecule is CC1C(OCC(=O)O)OC(CO)C(O)C1O. The van der Waals surface area contributed by atoms with Gasteiger partial charge in [0.15, 0.2) is 6.29 Å². The normalized spacial score (nSPS) is 39.6. The number of aliphatic carboxylic acids is 1. The highest BCUT2D eigenvalue weighted by molar-refractivity contribution is 5.68. The van der Waals surface area contributed by atoms with Gasteiger partial charge in [0, 0.05) is 5.92 Å².